The summed E-state index contributed by atoms with van der Waals surface area (Å²) in [4.78, 5) is 27.9. The maximum absolute atomic E-state index is 12.2. The number of rotatable bonds is 3. The molecule has 0 aliphatic carbocycles. The van der Waals surface area contributed by atoms with Gasteiger partial charge in [-0.05, 0) is 47.7 Å². The van der Waals surface area contributed by atoms with E-state index in [1.807, 2.05) is 30.3 Å². The fourth-order valence-electron chi connectivity index (χ4n) is 2.13. The smallest absolute Gasteiger partial charge is 0.264 e. The van der Waals surface area contributed by atoms with Crippen LogP contribution in [-0.2, 0) is 4.79 Å². The fraction of sp³-hybridized carbons (Fsp3) is 0. The molecule has 0 saturated carbocycles. The van der Waals surface area contributed by atoms with E-state index >= 15 is 0 Å². The molecule has 1 aliphatic rings. The van der Waals surface area contributed by atoms with Gasteiger partial charge >= 0.3 is 0 Å². The molecule has 0 aromatic heterocycles. The Morgan fingerprint density at radius 3 is 2.56 bits per heavy atom. The van der Waals surface area contributed by atoms with Gasteiger partial charge in [0, 0.05) is 11.3 Å². The van der Waals surface area contributed by atoms with E-state index in [1.54, 1.807) is 36.5 Å². The van der Waals surface area contributed by atoms with Gasteiger partial charge in [0.25, 0.3) is 11.8 Å². The molecule has 1 fully saturated rings. The molecule has 0 atom stereocenters. The van der Waals surface area contributed by atoms with Gasteiger partial charge in [0.1, 0.15) is 0 Å². The number of nitriles is 1. The first-order valence-corrected chi connectivity index (χ1v) is 8.11. The first-order valence-electron chi connectivity index (χ1n) is 7.30. The normalized spacial score (nSPS) is 16.5. The maximum atomic E-state index is 12.2. The van der Waals surface area contributed by atoms with Crippen molar-refractivity contribution < 1.29 is 9.59 Å². The molecule has 6 nitrogen and oxygen atoms in total. The minimum absolute atomic E-state index is 0.207. The second kappa shape index (κ2) is 7.47. The zero-order valence-corrected chi connectivity index (χ0v) is 13.7. The van der Waals surface area contributed by atoms with Crippen LogP contribution in [0.15, 0.2) is 64.5 Å². The van der Waals surface area contributed by atoms with Gasteiger partial charge in [-0.1, -0.05) is 30.3 Å². The van der Waals surface area contributed by atoms with E-state index in [0.29, 0.717) is 10.5 Å². The number of benzene rings is 2. The standard InChI is InChI=1S/C18H12N4O2S/c19-11-20-18-22-17(24)15(25-18)10-12-6-8-13(9-7-12)16(23)21-14-4-2-1-3-5-14/h1-10H,(H,21,23)(H,20,22,24). The van der Waals surface area contributed by atoms with E-state index in [0.717, 1.165) is 23.0 Å². The van der Waals surface area contributed by atoms with Gasteiger partial charge in [-0.15, -0.1) is 4.99 Å². The van der Waals surface area contributed by atoms with E-state index in [9.17, 15) is 9.59 Å². The second-order valence-corrected chi connectivity index (χ2v) is 6.05. The summed E-state index contributed by atoms with van der Waals surface area (Å²) in [6, 6.07) is 16.1. The summed E-state index contributed by atoms with van der Waals surface area (Å²) in [5.74, 6) is -0.508. The largest absolute Gasteiger partial charge is 0.322 e. The molecule has 1 aliphatic heterocycles. The predicted molar refractivity (Wildman–Crippen MR) is 97.6 cm³/mol. The van der Waals surface area contributed by atoms with Crippen LogP contribution in [0.3, 0.4) is 0 Å². The van der Waals surface area contributed by atoms with Crippen LogP contribution in [0.25, 0.3) is 6.08 Å². The van der Waals surface area contributed by atoms with Crippen molar-refractivity contribution in [2.45, 2.75) is 0 Å². The molecule has 25 heavy (non-hydrogen) atoms. The molecule has 0 spiro atoms. The first kappa shape index (κ1) is 16.5. The minimum Gasteiger partial charge on any atom is -0.322 e. The Morgan fingerprint density at radius 1 is 1.16 bits per heavy atom. The first-order chi connectivity index (χ1) is 12.2. The third kappa shape index (κ3) is 4.13. The van der Waals surface area contributed by atoms with E-state index in [-0.39, 0.29) is 17.0 Å². The molecule has 2 N–H and O–H groups in total. The number of nitrogens with zero attached hydrogens (tertiary/aromatic N) is 2. The number of carbonyl (C=O) groups excluding carboxylic acids is 2. The lowest BCUT2D eigenvalue weighted by molar-refractivity contribution is -0.115. The highest BCUT2D eigenvalue weighted by atomic mass is 32.2. The number of carbonyl (C=O) groups is 2. The number of hydrogen-bond donors (Lipinski definition) is 2. The van der Waals surface area contributed by atoms with Gasteiger partial charge in [-0.25, -0.2) is 0 Å². The maximum Gasteiger partial charge on any atom is 0.264 e. The minimum atomic E-state index is -0.301. The van der Waals surface area contributed by atoms with E-state index < -0.39 is 0 Å². The van der Waals surface area contributed by atoms with Crippen molar-refractivity contribution in [3.05, 3.63) is 70.6 Å². The molecule has 0 radical (unpaired) electrons. The zero-order valence-electron chi connectivity index (χ0n) is 12.9. The van der Waals surface area contributed by atoms with Crippen LogP contribution in [-0.4, -0.2) is 17.0 Å². The molecule has 2 aromatic carbocycles. The average Bonchev–Trinajstić information content (AvgIpc) is 2.96. The van der Waals surface area contributed by atoms with Gasteiger partial charge in [0.15, 0.2) is 5.17 Å². The van der Waals surface area contributed by atoms with Gasteiger partial charge in [0.2, 0.25) is 6.19 Å². The Morgan fingerprint density at radius 2 is 1.88 bits per heavy atom. The lowest BCUT2D eigenvalue weighted by atomic mass is 10.1. The summed E-state index contributed by atoms with van der Waals surface area (Å²) in [6.45, 7) is 0. The van der Waals surface area contributed by atoms with E-state index in [1.165, 1.54) is 0 Å². The van der Waals surface area contributed by atoms with Crippen LogP contribution in [0.4, 0.5) is 5.69 Å². The topological polar surface area (TPSA) is 94.3 Å². The molecule has 7 heteroatoms. The van der Waals surface area contributed by atoms with Crippen molar-refractivity contribution in [1.82, 2.24) is 5.32 Å². The second-order valence-electron chi connectivity index (χ2n) is 5.02. The van der Waals surface area contributed by atoms with Crippen LogP contribution >= 0.6 is 11.8 Å². The summed E-state index contributed by atoms with van der Waals surface area (Å²) in [7, 11) is 0. The Bertz CT molecular complexity index is 912. The SMILES string of the molecule is N#CN=C1NC(=O)C(=Cc2ccc(C(=O)Nc3ccccc3)cc2)S1. The molecule has 1 saturated heterocycles. The molecule has 1 heterocycles. The fourth-order valence-corrected chi connectivity index (χ4v) is 2.91. The molecular weight excluding hydrogens is 336 g/mol. The summed E-state index contributed by atoms with van der Waals surface area (Å²) in [6.07, 6.45) is 3.31. The van der Waals surface area contributed by atoms with Gasteiger partial charge < -0.3 is 5.32 Å². The summed E-state index contributed by atoms with van der Waals surface area (Å²) >= 11 is 1.10. The van der Waals surface area contributed by atoms with Crippen molar-refractivity contribution in [1.29, 1.82) is 5.26 Å². The van der Waals surface area contributed by atoms with Crippen LogP contribution < -0.4 is 10.6 Å². The highest BCUT2D eigenvalue weighted by molar-refractivity contribution is 8.18. The molecule has 2 amide bonds. The highest BCUT2D eigenvalue weighted by Crippen LogP contribution is 2.26. The van der Waals surface area contributed by atoms with Crippen molar-refractivity contribution in [2.24, 2.45) is 4.99 Å². The summed E-state index contributed by atoms with van der Waals surface area (Å²) in [5, 5.41) is 14.1. The third-order valence-electron chi connectivity index (χ3n) is 3.30. The van der Waals surface area contributed by atoms with Crippen molar-refractivity contribution in [3.63, 3.8) is 0 Å². The lowest BCUT2D eigenvalue weighted by Gasteiger charge is -2.05. The molecular formula is C18H12N4O2S. The third-order valence-corrected chi connectivity index (χ3v) is 4.21. The average molecular weight is 348 g/mol. The number of amides is 2. The van der Waals surface area contributed by atoms with Crippen molar-refractivity contribution >= 4 is 40.5 Å². The number of anilines is 1. The number of amidine groups is 1. The van der Waals surface area contributed by atoms with Gasteiger partial charge in [-0.3, -0.25) is 14.9 Å². The van der Waals surface area contributed by atoms with E-state index in [2.05, 4.69) is 15.6 Å². The highest BCUT2D eigenvalue weighted by Gasteiger charge is 2.23. The lowest BCUT2D eigenvalue weighted by Crippen LogP contribution is -2.19. The monoisotopic (exact) mass is 348 g/mol. The molecule has 3 rings (SSSR count). The number of para-hydroxylation sites is 1. The molecule has 0 bridgehead atoms. The number of thioether (sulfide) groups is 1. The number of nitrogens with one attached hydrogen (secondary N) is 2. The Labute approximate surface area is 148 Å². The zero-order chi connectivity index (χ0) is 17.6. The summed E-state index contributed by atoms with van der Waals surface area (Å²) in [5.41, 5.74) is 2.01. The quantitative estimate of drug-likeness (QED) is 0.658. The van der Waals surface area contributed by atoms with Gasteiger partial charge in [0.05, 0.1) is 4.91 Å². The number of hydrogen-bond acceptors (Lipinski definition) is 5. The Hall–Kier alpha value is -3.37. The van der Waals surface area contributed by atoms with Crippen LogP contribution in [0.1, 0.15) is 15.9 Å². The molecule has 2 aromatic rings. The Balaban J connectivity index is 1.71. The van der Waals surface area contributed by atoms with E-state index in [4.69, 9.17) is 5.26 Å². The molecule has 0 unspecified atom stereocenters. The Kier molecular flexibility index (Phi) is 4.92. The van der Waals surface area contributed by atoms with Crippen molar-refractivity contribution in [3.8, 4) is 6.19 Å². The number of aliphatic imine (C=N–C) groups is 1. The van der Waals surface area contributed by atoms with Crippen LogP contribution in [0, 0.1) is 11.5 Å². The van der Waals surface area contributed by atoms with Gasteiger partial charge in [-0.2, -0.15) is 5.26 Å². The van der Waals surface area contributed by atoms with Crippen LogP contribution in [0.2, 0.25) is 0 Å². The summed E-state index contributed by atoms with van der Waals surface area (Å²) < 4.78 is 0. The van der Waals surface area contributed by atoms with Crippen LogP contribution in [0.5, 0.6) is 0 Å². The predicted octanol–water partition coefficient (Wildman–Crippen LogP) is 2.98. The molecule has 122 valence electrons. The van der Waals surface area contributed by atoms with Crippen molar-refractivity contribution in [2.75, 3.05) is 5.32 Å².